The SMILES string of the molecule is O=C(CC(=O)Nc1cccc(Cl)c1)Nc1ccc(C(F)(F)F)cc1. The van der Waals surface area contributed by atoms with E-state index in [9.17, 15) is 22.8 Å². The molecule has 126 valence electrons. The quantitative estimate of drug-likeness (QED) is 0.801. The molecule has 0 saturated carbocycles. The van der Waals surface area contributed by atoms with Crippen LogP contribution < -0.4 is 10.6 Å². The van der Waals surface area contributed by atoms with E-state index < -0.39 is 30.0 Å². The lowest BCUT2D eigenvalue weighted by atomic mass is 10.2. The molecule has 24 heavy (non-hydrogen) atoms. The Bertz CT molecular complexity index is 746. The van der Waals surface area contributed by atoms with Crippen molar-refractivity contribution in [3.8, 4) is 0 Å². The first-order valence-electron chi connectivity index (χ1n) is 6.76. The van der Waals surface area contributed by atoms with Gasteiger partial charge in [-0.05, 0) is 42.5 Å². The average molecular weight is 357 g/mol. The smallest absolute Gasteiger partial charge is 0.326 e. The molecule has 0 atom stereocenters. The molecule has 0 aliphatic rings. The maximum absolute atomic E-state index is 12.4. The predicted molar refractivity (Wildman–Crippen MR) is 84.8 cm³/mol. The molecular weight excluding hydrogens is 345 g/mol. The van der Waals surface area contributed by atoms with Crippen molar-refractivity contribution >= 4 is 34.8 Å². The summed E-state index contributed by atoms with van der Waals surface area (Å²) in [5.74, 6) is -1.21. The molecule has 2 amide bonds. The Balaban J connectivity index is 1.89. The Kier molecular flexibility index (Phi) is 5.46. The maximum atomic E-state index is 12.4. The molecule has 2 N–H and O–H groups in total. The highest BCUT2D eigenvalue weighted by Crippen LogP contribution is 2.29. The minimum atomic E-state index is -4.45. The number of alkyl halides is 3. The molecule has 0 saturated heterocycles. The van der Waals surface area contributed by atoms with Crippen molar-refractivity contribution in [3.63, 3.8) is 0 Å². The summed E-state index contributed by atoms with van der Waals surface area (Å²) in [6.07, 6.45) is -4.92. The lowest BCUT2D eigenvalue weighted by Crippen LogP contribution is -2.21. The fraction of sp³-hybridized carbons (Fsp3) is 0.125. The van der Waals surface area contributed by atoms with Gasteiger partial charge in [0.15, 0.2) is 0 Å². The molecule has 0 aliphatic carbocycles. The highest BCUT2D eigenvalue weighted by molar-refractivity contribution is 6.30. The molecule has 2 aromatic carbocycles. The molecule has 0 unspecified atom stereocenters. The molecule has 2 aromatic rings. The van der Waals surface area contributed by atoms with Crippen LogP contribution >= 0.6 is 11.6 Å². The summed E-state index contributed by atoms with van der Waals surface area (Å²) in [5, 5.41) is 5.28. The van der Waals surface area contributed by atoms with E-state index in [4.69, 9.17) is 11.6 Å². The monoisotopic (exact) mass is 356 g/mol. The van der Waals surface area contributed by atoms with Gasteiger partial charge in [0.2, 0.25) is 11.8 Å². The van der Waals surface area contributed by atoms with Crippen LogP contribution in [0.25, 0.3) is 0 Å². The topological polar surface area (TPSA) is 58.2 Å². The highest BCUT2D eigenvalue weighted by atomic mass is 35.5. The first-order valence-corrected chi connectivity index (χ1v) is 7.14. The summed E-state index contributed by atoms with van der Waals surface area (Å²) in [7, 11) is 0. The number of hydrogen-bond donors (Lipinski definition) is 2. The van der Waals surface area contributed by atoms with Gasteiger partial charge in [0.1, 0.15) is 6.42 Å². The number of benzene rings is 2. The van der Waals surface area contributed by atoms with Gasteiger partial charge in [0.05, 0.1) is 5.56 Å². The number of halogens is 4. The lowest BCUT2D eigenvalue weighted by molar-refractivity contribution is -0.137. The molecule has 0 aliphatic heterocycles. The Labute approximate surface area is 140 Å². The van der Waals surface area contributed by atoms with Gasteiger partial charge in [0.25, 0.3) is 0 Å². The summed E-state index contributed by atoms with van der Waals surface area (Å²) in [5.41, 5.74) is -0.211. The van der Waals surface area contributed by atoms with Gasteiger partial charge in [0, 0.05) is 16.4 Å². The third-order valence-electron chi connectivity index (χ3n) is 2.93. The Morgan fingerprint density at radius 3 is 2.04 bits per heavy atom. The van der Waals surface area contributed by atoms with E-state index in [1.54, 1.807) is 18.2 Å². The summed E-state index contributed by atoms with van der Waals surface area (Å²) >= 11 is 5.78. The first kappa shape index (κ1) is 17.8. The van der Waals surface area contributed by atoms with Crippen molar-refractivity contribution in [2.45, 2.75) is 12.6 Å². The molecule has 2 rings (SSSR count). The van der Waals surface area contributed by atoms with Gasteiger partial charge in [-0.25, -0.2) is 0 Å². The van der Waals surface area contributed by atoms with E-state index in [2.05, 4.69) is 10.6 Å². The third-order valence-corrected chi connectivity index (χ3v) is 3.16. The van der Waals surface area contributed by atoms with Gasteiger partial charge < -0.3 is 10.6 Å². The van der Waals surface area contributed by atoms with Crippen LogP contribution in [0.15, 0.2) is 48.5 Å². The van der Waals surface area contributed by atoms with E-state index in [1.165, 1.54) is 6.07 Å². The van der Waals surface area contributed by atoms with E-state index in [0.29, 0.717) is 10.7 Å². The molecule has 4 nitrogen and oxygen atoms in total. The number of anilines is 2. The Morgan fingerprint density at radius 1 is 0.917 bits per heavy atom. The summed E-state index contributed by atoms with van der Waals surface area (Å²) in [4.78, 5) is 23.5. The summed E-state index contributed by atoms with van der Waals surface area (Å²) < 4.78 is 37.3. The third kappa shape index (κ3) is 5.27. The number of carbonyl (C=O) groups is 2. The van der Waals surface area contributed by atoms with Crippen LogP contribution in [0.2, 0.25) is 5.02 Å². The fourth-order valence-electron chi connectivity index (χ4n) is 1.86. The van der Waals surface area contributed by atoms with Crippen LogP contribution in [0.3, 0.4) is 0 Å². The van der Waals surface area contributed by atoms with Crippen molar-refractivity contribution in [2.24, 2.45) is 0 Å². The molecule has 0 aromatic heterocycles. The van der Waals surface area contributed by atoms with Crippen molar-refractivity contribution in [3.05, 3.63) is 59.1 Å². The highest BCUT2D eigenvalue weighted by Gasteiger charge is 2.30. The fourth-order valence-corrected chi connectivity index (χ4v) is 2.06. The summed E-state index contributed by atoms with van der Waals surface area (Å²) in [6, 6.07) is 10.3. The second kappa shape index (κ2) is 7.35. The Hall–Kier alpha value is -2.54. The van der Waals surface area contributed by atoms with Gasteiger partial charge in [-0.2, -0.15) is 13.2 Å². The molecule has 0 radical (unpaired) electrons. The maximum Gasteiger partial charge on any atom is 0.416 e. The van der Waals surface area contributed by atoms with Crippen LogP contribution in [0, 0.1) is 0 Å². The summed E-state index contributed by atoms with van der Waals surface area (Å²) in [6.45, 7) is 0. The zero-order valence-electron chi connectivity index (χ0n) is 12.2. The van der Waals surface area contributed by atoms with E-state index in [1.807, 2.05) is 0 Å². The number of hydrogen-bond acceptors (Lipinski definition) is 2. The molecule has 0 fully saturated rings. The van der Waals surface area contributed by atoms with Crippen molar-refractivity contribution in [2.75, 3.05) is 10.6 Å². The minimum Gasteiger partial charge on any atom is -0.326 e. The minimum absolute atomic E-state index is 0.170. The molecule has 8 heteroatoms. The Morgan fingerprint density at radius 2 is 1.50 bits per heavy atom. The first-order chi connectivity index (χ1) is 11.2. The van der Waals surface area contributed by atoms with Crippen LogP contribution in [0.4, 0.5) is 24.5 Å². The average Bonchev–Trinajstić information content (AvgIpc) is 2.46. The molecule has 0 heterocycles. The van der Waals surface area contributed by atoms with Gasteiger partial charge in [-0.15, -0.1) is 0 Å². The number of rotatable bonds is 4. The van der Waals surface area contributed by atoms with Gasteiger partial charge in [-0.3, -0.25) is 9.59 Å². The largest absolute Gasteiger partial charge is 0.416 e. The van der Waals surface area contributed by atoms with Crippen LogP contribution in [0.1, 0.15) is 12.0 Å². The van der Waals surface area contributed by atoms with Crippen LogP contribution in [0.5, 0.6) is 0 Å². The molecule has 0 spiro atoms. The van der Waals surface area contributed by atoms with Crippen molar-refractivity contribution < 1.29 is 22.8 Å². The number of nitrogens with one attached hydrogen (secondary N) is 2. The number of amides is 2. The second-order valence-electron chi connectivity index (χ2n) is 4.86. The zero-order chi connectivity index (χ0) is 17.7. The zero-order valence-corrected chi connectivity index (χ0v) is 12.9. The van der Waals surface area contributed by atoms with Crippen LogP contribution in [-0.2, 0) is 15.8 Å². The normalized spacial score (nSPS) is 11.0. The molecule has 0 bridgehead atoms. The van der Waals surface area contributed by atoms with Gasteiger partial charge >= 0.3 is 6.18 Å². The van der Waals surface area contributed by atoms with E-state index in [-0.39, 0.29) is 5.69 Å². The van der Waals surface area contributed by atoms with Gasteiger partial charge in [-0.1, -0.05) is 17.7 Å². The second-order valence-corrected chi connectivity index (χ2v) is 5.30. The molecular formula is C16H12ClF3N2O2. The van der Waals surface area contributed by atoms with Crippen molar-refractivity contribution in [1.29, 1.82) is 0 Å². The van der Waals surface area contributed by atoms with Crippen LogP contribution in [-0.4, -0.2) is 11.8 Å². The van der Waals surface area contributed by atoms with Crippen molar-refractivity contribution in [1.82, 2.24) is 0 Å². The predicted octanol–water partition coefficient (Wildman–Crippen LogP) is 4.33. The standard InChI is InChI=1S/C16H12ClF3N2O2/c17-11-2-1-3-13(8-11)22-15(24)9-14(23)21-12-6-4-10(5-7-12)16(18,19)20/h1-8H,9H2,(H,21,23)(H,22,24). The van der Waals surface area contributed by atoms with E-state index >= 15 is 0 Å². The number of carbonyl (C=O) groups excluding carboxylic acids is 2. The van der Waals surface area contributed by atoms with E-state index in [0.717, 1.165) is 24.3 Å². The lowest BCUT2D eigenvalue weighted by Gasteiger charge is -2.09.